The van der Waals surface area contributed by atoms with Crippen LogP contribution in [0.4, 0.5) is 0 Å². The highest BCUT2D eigenvalue weighted by Gasteiger charge is 2.12. The highest BCUT2D eigenvalue weighted by atomic mass is 35.5. The summed E-state index contributed by atoms with van der Waals surface area (Å²) >= 11 is 6.03. The summed E-state index contributed by atoms with van der Waals surface area (Å²) in [6, 6.07) is 4.21. The molecular formula is C12H12ClN3. The number of rotatable bonds is 1. The van der Waals surface area contributed by atoms with Gasteiger partial charge in [0.2, 0.25) is 0 Å². The second kappa shape index (κ2) is 4.18. The molecule has 2 aromatic rings. The van der Waals surface area contributed by atoms with Gasteiger partial charge in [-0.25, -0.2) is 4.98 Å². The molecule has 0 aliphatic heterocycles. The Labute approximate surface area is 99.5 Å². The zero-order valence-electron chi connectivity index (χ0n) is 9.45. The topological polar surface area (TPSA) is 38.7 Å². The molecule has 0 N–H and O–H groups in total. The summed E-state index contributed by atoms with van der Waals surface area (Å²) < 4.78 is 0. The van der Waals surface area contributed by atoms with Gasteiger partial charge in [0.1, 0.15) is 12.0 Å². The average Bonchev–Trinajstić information content (AvgIpc) is 2.19. The highest BCUT2D eigenvalue weighted by molar-refractivity contribution is 6.31. The predicted octanol–water partition coefficient (Wildman–Crippen LogP) is 3.12. The van der Waals surface area contributed by atoms with E-state index in [2.05, 4.69) is 34.2 Å². The van der Waals surface area contributed by atoms with Crippen molar-refractivity contribution in [3.8, 4) is 11.3 Å². The van der Waals surface area contributed by atoms with Gasteiger partial charge >= 0.3 is 0 Å². The third-order valence-corrected chi connectivity index (χ3v) is 2.77. The fourth-order valence-corrected chi connectivity index (χ4v) is 2.15. The van der Waals surface area contributed by atoms with Crippen molar-refractivity contribution in [1.29, 1.82) is 0 Å². The van der Waals surface area contributed by atoms with Gasteiger partial charge in [0, 0.05) is 5.56 Å². The fraction of sp³-hybridized carbons (Fsp3) is 0.250. The van der Waals surface area contributed by atoms with E-state index in [4.69, 9.17) is 11.6 Å². The van der Waals surface area contributed by atoms with Gasteiger partial charge in [-0.15, -0.1) is 10.2 Å². The Morgan fingerprint density at radius 2 is 1.69 bits per heavy atom. The number of benzene rings is 1. The van der Waals surface area contributed by atoms with Gasteiger partial charge < -0.3 is 0 Å². The maximum atomic E-state index is 6.03. The molecule has 4 heteroatoms. The minimum atomic E-state index is 0.394. The van der Waals surface area contributed by atoms with Crippen LogP contribution in [0.15, 0.2) is 18.5 Å². The normalized spacial score (nSPS) is 10.5. The Morgan fingerprint density at radius 3 is 2.25 bits per heavy atom. The molecule has 1 aromatic heterocycles. The summed E-state index contributed by atoms with van der Waals surface area (Å²) in [6.45, 7) is 6.15. The molecule has 0 spiro atoms. The molecule has 0 saturated heterocycles. The first-order chi connectivity index (χ1) is 7.59. The lowest BCUT2D eigenvalue weighted by molar-refractivity contribution is 0.973. The van der Waals surface area contributed by atoms with Crippen LogP contribution in [0.25, 0.3) is 11.3 Å². The third-order valence-electron chi connectivity index (χ3n) is 2.49. The van der Waals surface area contributed by atoms with Gasteiger partial charge in [0.25, 0.3) is 0 Å². The van der Waals surface area contributed by atoms with Crippen LogP contribution >= 0.6 is 11.6 Å². The maximum Gasteiger partial charge on any atom is 0.159 e. The molecule has 16 heavy (non-hydrogen) atoms. The van der Waals surface area contributed by atoms with Crippen molar-refractivity contribution < 1.29 is 0 Å². The molecule has 1 aromatic carbocycles. The Balaban J connectivity index is 2.70. The zero-order chi connectivity index (χ0) is 11.7. The fourth-order valence-electron chi connectivity index (χ4n) is 1.97. The Kier molecular flexibility index (Phi) is 2.88. The van der Waals surface area contributed by atoms with Crippen LogP contribution in [0.1, 0.15) is 16.7 Å². The molecule has 82 valence electrons. The second-order valence-corrected chi connectivity index (χ2v) is 4.23. The smallest absolute Gasteiger partial charge is 0.159 e. The Hall–Kier alpha value is -1.48. The van der Waals surface area contributed by atoms with E-state index in [1.807, 2.05) is 13.8 Å². The zero-order valence-corrected chi connectivity index (χ0v) is 10.2. The van der Waals surface area contributed by atoms with Crippen LogP contribution in [-0.4, -0.2) is 15.2 Å². The number of nitrogens with zero attached hydrogens (tertiary/aromatic N) is 3. The first-order valence-electron chi connectivity index (χ1n) is 5.01. The molecule has 1 heterocycles. The van der Waals surface area contributed by atoms with Crippen molar-refractivity contribution in [3.63, 3.8) is 0 Å². The lowest BCUT2D eigenvalue weighted by Gasteiger charge is -2.10. The molecule has 0 bridgehead atoms. The summed E-state index contributed by atoms with van der Waals surface area (Å²) in [6.07, 6.45) is 1.35. The van der Waals surface area contributed by atoms with Gasteiger partial charge in [-0.2, -0.15) is 0 Å². The number of hydrogen-bond donors (Lipinski definition) is 0. The lowest BCUT2D eigenvalue weighted by atomic mass is 9.98. The molecule has 0 radical (unpaired) electrons. The summed E-state index contributed by atoms with van der Waals surface area (Å²) in [4.78, 5) is 3.95. The molecule has 0 atom stereocenters. The van der Waals surface area contributed by atoms with Crippen molar-refractivity contribution in [2.75, 3.05) is 0 Å². The van der Waals surface area contributed by atoms with Crippen molar-refractivity contribution >= 4 is 11.6 Å². The van der Waals surface area contributed by atoms with E-state index >= 15 is 0 Å². The van der Waals surface area contributed by atoms with E-state index in [1.165, 1.54) is 11.9 Å². The Morgan fingerprint density at radius 1 is 1.06 bits per heavy atom. The quantitative estimate of drug-likeness (QED) is 0.760. The summed E-state index contributed by atoms with van der Waals surface area (Å²) in [5, 5.41) is 8.23. The number of aromatic nitrogens is 3. The first kappa shape index (κ1) is 11.0. The standard InChI is InChI=1S/C12H12ClN3/c1-7-4-8(2)10(9(3)5-7)11-12(13)14-6-15-16-11/h4-6H,1-3H3. The maximum absolute atomic E-state index is 6.03. The predicted molar refractivity (Wildman–Crippen MR) is 64.5 cm³/mol. The van der Waals surface area contributed by atoms with E-state index in [1.54, 1.807) is 0 Å². The third kappa shape index (κ3) is 1.91. The van der Waals surface area contributed by atoms with E-state index in [0.717, 1.165) is 16.7 Å². The van der Waals surface area contributed by atoms with Gasteiger partial charge in [-0.3, -0.25) is 0 Å². The second-order valence-electron chi connectivity index (χ2n) is 3.87. The van der Waals surface area contributed by atoms with Gasteiger partial charge in [-0.05, 0) is 31.9 Å². The highest BCUT2D eigenvalue weighted by Crippen LogP contribution is 2.29. The van der Waals surface area contributed by atoms with Gasteiger partial charge in [0.15, 0.2) is 5.15 Å². The average molecular weight is 234 g/mol. The van der Waals surface area contributed by atoms with Gasteiger partial charge in [-0.1, -0.05) is 29.3 Å². The molecule has 0 fully saturated rings. The van der Waals surface area contributed by atoms with Crippen molar-refractivity contribution in [2.45, 2.75) is 20.8 Å². The minimum Gasteiger partial charge on any atom is -0.220 e. The van der Waals surface area contributed by atoms with Crippen LogP contribution in [-0.2, 0) is 0 Å². The molecule has 3 nitrogen and oxygen atoms in total. The van der Waals surface area contributed by atoms with Crippen molar-refractivity contribution in [1.82, 2.24) is 15.2 Å². The SMILES string of the molecule is Cc1cc(C)c(-c2nncnc2Cl)c(C)c1. The molecule has 0 saturated carbocycles. The summed E-state index contributed by atoms with van der Waals surface area (Å²) in [5.41, 5.74) is 5.19. The first-order valence-corrected chi connectivity index (χ1v) is 5.39. The summed E-state index contributed by atoms with van der Waals surface area (Å²) in [5.74, 6) is 0. The number of aryl methyl sites for hydroxylation is 3. The van der Waals surface area contributed by atoms with Crippen LogP contribution in [0.3, 0.4) is 0 Å². The summed E-state index contributed by atoms with van der Waals surface area (Å²) in [7, 11) is 0. The Bertz CT molecular complexity index is 515. The van der Waals surface area contributed by atoms with Crippen LogP contribution in [0, 0.1) is 20.8 Å². The molecule has 0 unspecified atom stereocenters. The van der Waals surface area contributed by atoms with E-state index in [9.17, 15) is 0 Å². The van der Waals surface area contributed by atoms with E-state index in [-0.39, 0.29) is 0 Å². The molecule has 0 aliphatic carbocycles. The van der Waals surface area contributed by atoms with E-state index < -0.39 is 0 Å². The largest absolute Gasteiger partial charge is 0.220 e. The van der Waals surface area contributed by atoms with Crippen molar-refractivity contribution in [3.05, 3.63) is 40.3 Å². The minimum absolute atomic E-state index is 0.394. The lowest BCUT2D eigenvalue weighted by Crippen LogP contribution is -1.96. The van der Waals surface area contributed by atoms with Crippen LogP contribution in [0.5, 0.6) is 0 Å². The molecule has 0 amide bonds. The number of halogens is 1. The number of hydrogen-bond acceptors (Lipinski definition) is 3. The molecule has 2 rings (SSSR count). The van der Waals surface area contributed by atoms with Crippen LogP contribution in [0.2, 0.25) is 5.15 Å². The van der Waals surface area contributed by atoms with Crippen molar-refractivity contribution in [2.24, 2.45) is 0 Å². The molecule has 0 aliphatic rings. The molecular weight excluding hydrogens is 222 g/mol. The van der Waals surface area contributed by atoms with E-state index in [0.29, 0.717) is 10.8 Å². The van der Waals surface area contributed by atoms with Gasteiger partial charge in [0.05, 0.1) is 0 Å². The van der Waals surface area contributed by atoms with Crippen LogP contribution < -0.4 is 0 Å². The monoisotopic (exact) mass is 233 g/mol.